The minimum absolute atomic E-state index is 0.0479. The lowest BCUT2D eigenvalue weighted by molar-refractivity contribution is -0.151. The summed E-state index contributed by atoms with van der Waals surface area (Å²) in [6.07, 6.45) is 53.5. The fourth-order valence-corrected chi connectivity index (χ4v) is 7.60. The van der Waals surface area contributed by atoms with Crippen LogP contribution in [0.25, 0.3) is 0 Å². The minimum Gasteiger partial charge on any atom is -0.462 e. The van der Waals surface area contributed by atoms with Gasteiger partial charge in [-0.2, -0.15) is 0 Å². The van der Waals surface area contributed by atoms with Gasteiger partial charge in [-0.15, -0.1) is 0 Å². The van der Waals surface area contributed by atoms with Gasteiger partial charge in [-0.3, -0.25) is 9.59 Å². The number of hydrogen-bond acceptors (Lipinski definition) is 5. The number of allylic oxidation sites excluding steroid dienone is 6. The zero-order chi connectivity index (χ0) is 42.4. The first-order valence-electron chi connectivity index (χ1n) is 25.2. The zero-order valence-corrected chi connectivity index (χ0v) is 38.7. The molecule has 6 heteroatoms. The molecule has 0 rings (SSSR count). The van der Waals surface area contributed by atoms with Crippen LogP contribution in [0.5, 0.6) is 0 Å². The molecule has 0 aromatic carbocycles. The largest absolute Gasteiger partial charge is 0.462 e. The molecule has 0 heterocycles. The molecule has 3 unspecified atom stereocenters. The Balaban J connectivity index is 4.60. The van der Waals surface area contributed by atoms with Gasteiger partial charge in [-0.25, -0.2) is 0 Å². The maximum absolute atomic E-state index is 13.2. The molecule has 0 bridgehead atoms. The lowest BCUT2D eigenvalue weighted by Crippen LogP contribution is -2.46. The molecule has 0 aliphatic rings. The van der Waals surface area contributed by atoms with Gasteiger partial charge in [0.2, 0.25) is 5.91 Å². The predicted molar refractivity (Wildman–Crippen MR) is 250 cm³/mol. The molecule has 0 aromatic rings. The molecule has 0 spiro atoms. The quantitative estimate of drug-likeness (QED) is 0.0246. The SMILES string of the molecule is CCCCCCCC/C=C\CCCC(CC(=O)NC(CO)C(O)CCCCCCCCCCCCCC)OC(=O)CCCCC/C=C/C=C/CCCCCCCCC. The summed E-state index contributed by atoms with van der Waals surface area (Å²) in [4.78, 5) is 26.0. The van der Waals surface area contributed by atoms with E-state index in [0.29, 0.717) is 19.3 Å². The number of esters is 1. The minimum atomic E-state index is -0.796. The van der Waals surface area contributed by atoms with Crippen molar-refractivity contribution in [2.45, 2.75) is 277 Å². The fourth-order valence-electron chi connectivity index (χ4n) is 7.60. The van der Waals surface area contributed by atoms with Crippen LogP contribution in [0.15, 0.2) is 36.5 Å². The van der Waals surface area contributed by atoms with Gasteiger partial charge in [-0.05, 0) is 70.6 Å². The average molecular weight is 816 g/mol. The molecular formula is C52H97NO5. The number of unbranched alkanes of at least 4 members (excludes halogenated alkanes) is 28. The van der Waals surface area contributed by atoms with Crippen molar-refractivity contribution in [3.8, 4) is 0 Å². The van der Waals surface area contributed by atoms with E-state index in [4.69, 9.17) is 4.74 Å². The van der Waals surface area contributed by atoms with E-state index in [-0.39, 0.29) is 24.9 Å². The zero-order valence-electron chi connectivity index (χ0n) is 38.7. The number of aliphatic hydroxyl groups excluding tert-OH is 2. The van der Waals surface area contributed by atoms with E-state index in [1.807, 2.05) is 0 Å². The number of hydrogen-bond donors (Lipinski definition) is 3. The van der Waals surface area contributed by atoms with E-state index in [1.54, 1.807) is 0 Å². The van der Waals surface area contributed by atoms with Crippen LogP contribution in [0.1, 0.15) is 258 Å². The van der Waals surface area contributed by atoms with E-state index in [9.17, 15) is 19.8 Å². The third kappa shape index (κ3) is 40.8. The van der Waals surface area contributed by atoms with Crippen molar-refractivity contribution in [2.75, 3.05) is 6.61 Å². The molecule has 0 aliphatic carbocycles. The number of ether oxygens (including phenoxy) is 1. The van der Waals surface area contributed by atoms with E-state index >= 15 is 0 Å². The topological polar surface area (TPSA) is 95.9 Å². The standard InChI is InChI=1S/C52H97NO5/c1-4-7-10-13-16-19-22-24-25-26-27-30-33-36-39-42-45-52(57)58-48(43-40-37-34-31-28-21-18-15-12-9-6-3)46-51(56)53-49(47-54)50(55)44-41-38-35-32-29-23-20-17-14-11-8-5-2/h25-27,30-31,34,48-50,54-55H,4-24,28-29,32-33,35-47H2,1-3H3,(H,53,56)/b26-25+,30-27+,34-31-. The normalized spacial score (nSPS) is 13.5. The van der Waals surface area contributed by atoms with Crippen LogP contribution in [0.2, 0.25) is 0 Å². The molecule has 0 saturated heterocycles. The Morgan fingerprint density at radius 2 is 0.897 bits per heavy atom. The molecule has 0 fully saturated rings. The molecule has 0 aromatic heterocycles. The third-order valence-electron chi connectivity index (χ3n) is 11.5. The molecule has 0 radical (unpaired) electrons. The van der Waals surface area contributed by atoms with E-state index in [1.165, 1.54) is 141 Å². The highest BCUT2D eigenvalue weighted by molar-refractivity contribution is 5.77. The van der Waals surface area contributed by atoms with Gasteiger partial charge < -0.3 is 20.3 Å². The molecule has 6 nitrogen and oxygen atoms in total. The van der Waals surface area contributed by atoms with Crippen LogP contribution in [-0.4, -0.2) is 46.9 Å². The molecule has 0 saturated carbocycles. The Hall–Kier alpha value is -1.92. The Bertz CT molecular complexity index is 961. The van der Waals surface area contributed by atoms with Gasteiger partial charge in [0, 0.05) is 6.42 Å². The summed E-state index contributed by atoms with van der Waals surface area (Å²) < 4.78 is 5.89. The van der Waals surface area contributed by atoms with Crippen molar-refractivity contribution in [1.29, 1.82) is 0 Å². The lowest BCUT2D eigenvalue weighted by Gasteiger charge is -2.24. The van der Waals surface area contributed by atoms with Gasteiger partial charge in [0.25, 0.3) is 0 Å². The van der Waals surface area contributed by atoms with Crippen molar-refractivity contribution in [3.05, 3.63) is 36.5 Å². The number of carbonyl (C=O) groups excluding carboxylic acids is 2. The Morgan fingerprint density at radius 3 is 1.36 bits per heavy atom. The highest BCUT2D eigenvalue weighted by Crippen LogP contribution is 2.17. The lowest BCUT2D eigenvalue weighted by atomic mass is 10.0. The first-order chi connectivity index (χ1) is 28.5. The number of rotatable bonds is 45. The van der Waals surface area contributed by atoms with Crippen LogP contribution in [0, 0.1) is 0 Å². The van der Waals surface area contributed by atoms with E-state index < -0.39 is 18.2 Å². The van der Waals surface area contributed by atoms with Gasteiger partial charge in [0.05, 0.1) is 25.2 Å². The monoisotopic (exact) mass is 816 g/mol. The summed E-state index contributed by atoms with van der Waals surface area (Å²) >= 11 is 0. The van der Waals surface area contributed by atoms with Gasteiger partial charge in [0.1, 0.15) is 6.10 Å². The van der Waals surface area contributed by atoms with Gasteiger partial charge >= 0.3 is 5.97 Å². The highest BCUT2D eigenvalue weighted by Gasteiger charge is 2.24. The smallest absolute Gasteiger partial charge is 0.306 e. The van der Waals surface area contributed by atoms with Crippen molar-refractivity contribution < 1.29 is 24.5 Å². The summed E-state index contributed by atoms with van der Waals surface area (Å²) in [5, 5.41) is 23.7. The molecule has 1 amide bonds. The molecule has 3 N–H and O–H groups in total. The maximum Gasteiger partial charge on any atom is 0.306 e. The maximum atomic E-state index is 13.2. The first-order valence-corrected chi connectivity index (χ1v) is 25.2. The second-order valence-corrected chi connectivity index (χ2v) is 17.2. The van der Waals surface area contributed by atoms with Crippen LogP contribution < -0.4 is 5.32 Å². The average Bonchev–Trinajstić information content (AvgIpc) is 3.22. The van der Waals surface area contributed by atoms with Crippen molar-refractivity contribution in [2.24, 2.45) is 0 Å². The summed E-state index contributed by atoms with van der Waals surface area (Å²) in [6.45, 7) is 6.45. The Kier molecular flexibility index (Phi) is 44.6. The second kappa shape index (κ2) is 46.2. The highest BCUT2D eigenvalue weighted by atomic mass is 16.5. The third-order valence-corrected chi connectivity index (χ3v) is 11.5. The van der Waals surface area contributed by atoms with Crippen molar-refractivity contribution in [3.63, 3.8) is 0 Å². The second-order valence-electron chi connectivity index (χ2n) is 17.2. The molecule has 340 valence electrons. The number of nitrogens with one attached hydrogen (secondary N) is 1. The number of carbonyl (C=O) groups is 2. The van der Waals surface area contributed by atoms with Gasteiger partial charge in [0.15, 0.2) is 0 Å². The predicted octanol–water partition coefficient (Wildman–Crippen LogP) is 14.9. The van der Waals surface area contributed by atoms with Crippen LogP contribution >= 0.6 is 0 Å². The van der Waals surface area contributed by atoms with Crippen LogP contribution in [0.4, 0.5) is 0 Å². The van der Waals surface area contributed by atoms with Crippen molar-refractivity contribution in [1.82, 2.24) is 5.32 Å². The number of aliphatic hydroxyl groups is 2. The van der Waals surface area contributed by atoms with E-state index in [2.05, 4.69) is 62.5 Å². The van der Waals surface area contributed by atoms with E-state index in [0.717, 1.165) is 70.6 Å². The Morgan fingerprint density at radius 1 is 0.500 bits per heavy atom. The summed E-state index contributed by atoms with van der Waals surface area (Å²) in [5.74, 6) is -0.529. The summed E-state index contributed by atoms with van der Waals surface area (Å²) in [7, 11) is 0. The summed E-state index contributed by atoms with van der Waals surface area (Å²) in [5.41, 5.74) is 0. The molecule has 58 heavy (non-hydrogen) atoms. The molecular weight excluding hydrogens is 719 g/mol. The number of amides is 1. The van der Waals surface area contributed by atoms with Crippen molar-refractivity contribution >= 4 is 11.9 Å². The van der Waals surface area contributed by atoms with Crippen LogP contribution in [0.3, 0.4) is 0 Å². The fraction of sp³-hybridized carbons (Fsp3) is 0.846. The Labute approximate surface area is 360 Å². The first kappa shape index (κ1) is 56.1. The molecule has 3 atom stereocenters. The molecule has 0 aliphatic heterocycles. The summed E-state index contributed by atoms with van der Waals surface area (Å²) in [6, 6.07) is -0.712. The van der Waals surface area contributed by atoms with Crippen LogP contribution in [-0.2, 0) is 14.3 Å². The van der Waals surface area contributed by atoms with Gasteiger partial charge in [-0.1, -0.05) is 211 Å².